The Morgan fingerprint density at radius 2 is 2.00 bits per heavy atom. The maximum Gasteiger partial charge on any atom is 0.111 e. The van der Waals surface area contributed by atoms with E-state index in [1.807, 2.05) is 19.1 Å². The lowest BCUT2D eigenvalue weighted by molar-refractivity contribution is -0.833. The van der Waals surface area contributed by atoms with Crippen molar-refractivity contribution >= 4 is 0 Å². The van der Waals surface area contributed by atoms with Gasteiger partial charge < -0.3 is 9.59 Å². The minimum absolute atomic E-state index is 0.657. The standard InChI is InChI=1S/C10H18NO/c1-10(12)7-5-6-9(8-10)11(2,3)4/h5-7,12H,8H2,1-4H3/q+1. The fraction of sp³-hybridized carbons (Fsp3) is 0.600. The summed E-state index contributed by atoms with van der Waals surface area (Å²) in [6, 6.07) is 0. The van der Waals surface area contributed by atoms with Crippen LogP contribution in [0.5, 0.6) is 0 Å². The molecule has 0 aromatic heterocycles. The van der Waals surface area contributed by atoms with E-state index < -0.39 is 5.60 Å². The number of hydrogen-bond acceptors (Lipinski definition) is 1. The minimum atomic E-state index is -0.657. The van der Waals surface area contributed by atoms with Crippen molar-refractivity contribution in [2.45, 2.75) is 18.9 Å². The number of rotatable bonds is 1. The van der Waals surface area contributed by atoms with Crippen LogP contribution < -0.4 is 0 Å². The molecule has 1 rings (SSSR count). The highest BCUT2D eigenvalue weighted by Crippen LogP contribution is 2.26. The number of allylic oxidation sites excluding steroid dienone is 2. The number of aliphatic hydroxyl groups is 1. The van der Waals surface area contributed by atoms with E-state index in [9.17, 15) is 5.11 Å². The van der Waals surface area contributed by atoms with E-state index in [1.54, 1.807) is 0 Å². The van der Waals surface area contributed by atoms with Gasteiger partial charge in [-0.2, -0.15) is 0 Å². The van der Waals surface area contributed by atoms with Crippen LogP contribution in [0, 0.1) is 0 Å². The van der Waals surface area contributed by atoms with E-state index in [2.05, 4.69) is 27.2 Å². The molecule has 1 N–H and O–H groups in total. The number of hydrogen-bond donors (Lipinski definition) is 1. The van der Waals surface area contributed by atoms with Gasteiger partial charge in [-0.3, -0.25) is 0 Å². The fourth-order valence-corrected chi connectivity index (χ4v) is 1.31. The first-order valence-electron chi connectivity index (χ1n) is 4.24. The second kappa shape index (κ2) is 2.71. The van der Waals surface area contributed by atoms with Crippen molar-refractivity contribution in [3.63, 3.8) is 0 Å². The van der Waals surface area contributed by atoms with Crippen molar-refractivity contribution in [2.24, 2.45) is 0 Å². The van der Waals surface area contributed by atoms with Crippen molar-refractivity contribution in [1.29, 1.82) is 0 Å². The smallest absolute Gasteiger partial charge is 0.111 e. The average molecular weight is 168 g/mol. The Morgan fingerprint density at radius 3 is 2.33 bits per heavy atom. The molecule has 1 atom stereocenters. The highest BCUT2D eigenvalue weighted by Gasteiger charge is 2.28. The summed E-state index contributed by atoms with van der Waals surface area (Å²) in [6.07, 6.45) is 6.58. The van der Waals surface area contributed by atoms with Crippen LogP contribution in [0.25, 0.3) is 0 Å². The zero-order valence-electron chi connectivity index (χ0n) is 8.33. The van der Waals surface area contributed by atoms with Crippen LogP contribution in [0.2, 0.25) is 0 Å². The molecule has 12 heavy (non-hydrogen) atoms. The summed E-state index contributed by atoms with van der Waals surface area (Å²) in [7, 11) is 6.34. The summed E-state index contributed by atoms with van der Waals surface area (Å²) >= 11 is 0. The van der Waals surface area contributed by atoms with Crippen molar-refractivity contribution in [1.82, 2.24) is 0 Å². The van der Waals surface area contributed by atoms with E-state index in [1.165, 1.54) is 5.70 Å². The number of quaternary nitrogens is 1. The van der Waals surface area contributed by atoms with Gasteiger partial charge >= 0.3 is 0 Å². The molecule has 68 valence electrons. The van der Waals surface area contributed by atoms with E-state index in [0.29, 0.717) is 0 Å². The SMILES string of the molecule is CC1(O)C=CC=C([N+](C)(C)C)C1. The molecule has 0 spiro atoms. The summed E-state index contributed by atoms with van der Waals surface area (Å²) in [5.74, 6) is 0. The predicted octanol–water partition coefficient (Wildman–Crippen LogP) is 1.29. The molecule has 0 aromatic rings. The molecule has 1 aliphatic rings. The molecule has 0 saturated carbocycles. The lowest BCUT2D eigenvalue weighted by Crippen LogP contribution is -2.38. The molecule has 1 aliphatic carbocycles. The van der Waals surface area contributed by atoms with Crippen LogP contribution in [-0.4, -0.2) is 36.3 Å². The van der Waals surface area contributed by atoms with Gasteiger partial charge in [0.25, 0.3) is 0 Å². The van der Waals surface area contributed by atoms with Crippen LogP contribution >= 0.6 is 0 Å². The summed E-state index contributed by atoms with van der Waals surface area (Å²) in [5, 5.41) is 9.77. The van der Waals surface area contributed by atoms with Gasteiger partial charge in [-0.05, 0) is 13.0 Å². The third kappa shape index (κ3) is 2.19. The normalized spacial score (nSPS) is 30.2. The van der Waals surface area contributed by atoms with Gasteiger partial charge in [0.1, 0.15) is 5.70 Å². The minimum Gasteiger partial charge on any atom is -0.386 e. The Morgan fingerprint density at radius 1 is 1.42 bits per heavy atom. The predicted molar refractivity (Wildman–Crippen MR) is 50.5 cm³/mol. The first-order valence-corrected chi connectivity index (χ1v) is 4.24. The van der Waals surface area contributed by atoms with E-state index in [4.69, 9.17) is 0 Å². The van der Waals surface area contributed by atoms with E-state index in [0.717, 1.165) is 10.9 Å². The maximum atomic E-state index is 9.77. The molecule has 0 aliphatic heterocycles. The lowest BCUT2D eigenvalue weighted by Gasteiger charge is -2.32. The molecule has 0 amide bonds. The van der Waals surface area contributed by atoms with E-state index in [-0.39, 0.29) is 0 Å². The number of nitrogens with zero attached hydrogens (tertiary/aromatic N) is 1. The molecule has 0 heterocycles. The van der Waals surface area contributed by atoms with Gasteiger partial charge in [0.15, 0.2) is 0 Å². The molecule has 0 radical (unpaired) electrons. The van der Waals surface area contributed by atoms with Gasteiger partial charge in [-0.1, -0.05) is 12.2 Å². The quantitative estimate of drug-likeness (QED) is 0.585. The Balaban J connectivity index is 2.84. The molecular formula is C10H18NO+. The van der Waals surface area contributed by atoms with Crippen LogP contribution in [0.15, 0.2) is 23.9 Å². The summed E-state index contributed by atoms with van der Waals surface area (Å²) in [6.45, 7) is 1.84. The highest BCUT2D eigenvalue weighted by atomic mass is 16.3. The molecule has 0 aromatic carbocycles. The molecule has 0 fully saturated rings. The lowest BCUT2D eigenvalue weighted by atomic mass is 9.94. The van der Waals surface area contributed by atoms with Crippen LogP contribution in [0.3, 0.4) is 0 Å². The summed E-state index contributed by atoms with van der Waals surface area (Å²) < 4.78 is 0.792. The van der Waals surface area contributed by atoms with Crippen molar-refractivity contribution in [2.75, 3.05) is 21.1 Å². The Kier molecular flexibility index (Phi) is 2.15. The maximum absolute atomic E-state index is 9.77. The Hall–Kier alpha value is -0.600. The van der Waals surface area contributed by atoms with Crippen molar-refractivity contribution < 1.29 is 9.59 Å². The first-order chi connectivity index (χ1) is 5.31. The van der Waals surface area contributed by atoms with E-state index >= 15 is 0 Å². The molecule has 2 heteroatoms. The topological polar surface area (TPSA) is 20.2 Å². The Labute approximate surface area is 74.4 Å². The van der Waals surface area contributed by atoms with Gasteiger partial charge in [0, 0.05) is 0 Å². The average Bonchev–Trinajstić information content (AvgIpc) is 1.83. The van der Waals surface area contributed by atoms with Gasteiger partial charge in [-0.25, -0.2) is 0 Å². The highest BCUT2D eigenvalue weighted by molar-refractivity contribution is 5.20. The zero-order valence-corrected chi connectivity index (χ0v) is 8.33. The molecule has 2 nitrogen and oxygen atoms in total. The molecule has 1 unspecified atom stereocenters. The van der Waals surface area contributed by atoms with Crippen LogP contribution in [0.4, 0.5) is 0 Å². The zero-order chi connectivity index (χ0) is 9.41. The molecule has 0 saturated heterocycles. The second-order valence-corrected chi connectivity index (χ2v) is 4.56. The fourth-order valence-electron chi connectivity index (χ4n) is 1.31. The monoisotopic (exact) mass is 168 g/mol. The summed E-state index contributed by atoms with van der Waals surface area (Å²) in [5.41, 5.74) is 0.595. The molecular weight excluding hydrogens is 150 g/mol. The Bertz CT molecular complexity index is 231. The van der Waals surface area contributed by atoms with Gasteiger partial charge in [0.05, 0.1) is 33.2 Å². The largest absolute Gasteiger partial charge is 0.386 e. The molecule has 0 bridgehead atoms. The van der Waals surface area contributed by atoms with Gasteiger partial charge in [0.2, 0.25) is 0 Å². The van der Waals surface area contributed by atoms with Crippen molar-refractivity contribution in [3.05, 3.63) is 23.9 Å². The summed E-state index contributed by atoms with van der Waals surface area (Å²) in [4.78, 5) is 0. The van der Waals surface area contributed by atoms with Gasteiger partial charge in [-0.15, -0.1) is 0 Å². The second-order valence-electron chi connectivity index (χ2n) is 4.56. The van der Waals surface area contributed by atoms with Crippen LogP contribution in [0.1, 0.15) is 13.3 Å². The van der Waals surface area contributed by atoms with Crippen molar-refractivity contribution in [3.8, 4) is 0 Å². The third-order valence-corrected chi connectivity index (χ3v) is 2.14. The first kappa shape index (κ1) is 9.49. The third-order valence-electron chi connectivity index (χ3n) is 2.14. The van der Waals surface area contributed by atoms with Crippen LogP contribution in [-0.2, 0) is 0 Å².